The number of oxazole rings is 1. The van der Waals surface area contributed by atoms with Crippen molar-refractivity contribution in [3.05, 3.63) is 47.7 Å². The molecule has 3 atom stereocenters. The van der Waals surface area contributed by atoms with Crippen molar-refractivity contribution in [3.63, 3.8) is 0 Å². The van der Waals surface area contributed by atoms with Crippen molar-refractivity contribution in [3.8, 4) is 5.75 Å². The van der Waals surface area contributed by atoms with Gasteiger partial charge in [-0.15, -0.1) is 0 Å². The van der Waals surface area contributed by atoms with Crippen molar-refractivity contribution in [2.24, 2.45) is 5.92 Å². The first-order valence-corrected chi connectivity index (χ1v) is 8.75. The molecule has 6 nitrogen and oxygen atoms in total. The number of carbonyl (C=O) groups excluding carboxylic acids is 1. The minimum absolute atomic E-state index is 0.0286. The van der Waals surface area contributed by atoms with Crippen LogP contribution in [-0.4, -0.2) is 48.6 Å². The van der Waals surface area contributed by atoms with Crippen LogP contribution in [0.4, 0.5) is 0 Å². The number of ether oxygens (including phenoxy) is 1. The number of hydrogen-bond acceptors (Lipinski definition) is 5. The Labute approximate surface area is 147 Å². The Morgan fingerprint density at radius 1 is 1.44 bits per heavy atom. The van der Waals surface area contributed by atoms with Gasteiger partial charge < -0.3 is 19.4 Å². The molecule has 2 saturated heterocycles. The molecule has 25 heavy (non-hydrogen) atoms. The summed E-state index contributed by atoms with van der Waals surface area (Å²) < 4.78 is 10.6. The van der Waals surface area contributed by atoms with Crippen LogP contribution in [-0.2, 0) is 0 Å². The summed E-state index contributed by atoms with van der Waals surface area (Å²) in [5.74, 6) is 2.05. The Balaban J connectivity index is 1.64. The summed E-state index contributed by atoms with van der Waals surface area (Å²) in [7, 11) is 1.68. The average Bonchev–Trinajstić information content (AvgIpc) is 3.25. The highest BCUT2D eigenvalue weighted by atomic mass is 16.5. The topological polar surface area (TPSA) is 67.6 Å². The molecule has 0 bridgehead atoms. The van der Waals surface area contributed by atoms with Gasteiger partial charge in [0.2, 0.25) is 0 Å². The van der Waals surface area contributed by atoms with Gasteiger partial charge in [-0.2, -0.15) is 0 Å². The second kappa shape index (κ2) is 6.52. The molecule has 132 valence electrons. The molecular weight excluding hydrogens is 318 g/mol. The molecule has 3 heterocycles. The Morgan fingerprint density at radius 3 is 3.08 bits per heavy atom. The molecule has 4 rings (SSSR count). The number of nitrogens with zero attached hydrogens (tertiary/aromatic N) is 2. The predicted octanol–water partition coefficient (Wildman–Crippen LogP) is 2.21. The minimum atomic E-state index is -0.0286. The number of carbonyl (C=O) groups is 1. The largest absolute Gasteiger partial charge is 0.497 e. The maximum Gasteiger partial charge on any atom is 0.276 e. The first-order valence-electron chi connectivity index (χ1n) is 8.75. The molecule has 6 heteroatoms. The van der Waals surface area contributed by atoms with Crippen LogP contribution >= 0.6 is 0 Å². The fraction of sp³-hybridized carbons (Fsp3) is 0.474. The Kier molecular flexibility index (Phi) is 4.21. The number of piperidine rings is 1. The van der Waals surface area contributed by atoms with Gasteiger partial charge in [-0.25, -0.2) is 4.98 Å². The maximum absolute atomic E-state index is 13.0. The number of aryl methyl sites for hydroxylation is 1. The quantitative estimate of drug-likeness (QED) is 0.927. The van der Waals surface area contributed by atoms with Crippen molar-refractivity contribution < 1.29 is 13.9 Å². The number of amides is 1. The van der Waals surface area contributed by atoms with Gasteiger partial charge in [0.05, 0.1) is 7.11 Å². The lowest BCUT2D eigenvalue weighted by Crippen LogP contribution is -2.46. The van der Waals surface area contributed by atoms with E-state index in [0.29, 0.717) is 30.0 Å². The van der Waals surface area contributed by atoms with Gasteiger partial charge in [0, 0.05) is 37.9 Å². The van der Waals surface area contributed by atoms with Crippen LogP contribution in [0.25, 0.3) is 0 Å². The molecule has 0 saturated carbocycles. The number of methoxy groups -OCH3 is 1. The number of aromatic nitrogens is 1. The van der Waals surface area contributed by atoms with E-state index in [9.17, 15) is 4.79 Å². The standard InChI is InChI=1S/C19H23N3O3/c1-12-21-17(11-25-12)19(23)22-10-16(15-9-20-7-6-18(15)22)13-4-3-5-14(8-13)24-2/h3-5,8,11,15-16,18,20H,6-7,9-10H2,1-2H3/t15-,16-,18-/m1/s1. The van der Waals surface area contributed by atoms with E-state index in [1.807, 2.05) is 17.0 Å². The van der Waals surface area contributed by atoms with Gasteiger partial charge in [-0.1, -0.05) is 12.1 Å². The lowest BCUT2D eigenvalue weighted by Gasteiger charge is -2.32. The maximum atomic E-state index is 13.0. The SMILES string of the molecule is COc1cccc([C@H]2CN(C(=O)c3coc(C)n3)[C@@H]3CCNC[C@H]23)c1. The summed E-state index contributed by atoms with van der Waals surface area (Å²) >= 11 is 0. The summed E-state index contributed by atoms with van der Waals surface area (Å²) in [6.45, 7) is 4.32. The zero-order chi connectivity index (χ0) is 17.4. The Morgan fingerprint density at radius 2 is 2.32 bits per heavy atom. The van der Waals surface area contributed by atoms with Crippen LogP contribution in [0.2, 0.25) is 0 Å². The molecule has 0 spiro atoms. The first kappa shape index (κ1) is 16.1. The molecule has 1 N–H and O–H groups in total. The second-order valence-electron chi connectivity index (χ2n) is 6.82. The highest BCUT2D eigenvalue weighted by Gasteiger charge is 2.46. The normalized spacial score (nSPS) is 25.7. The van der Waals surface area contributed by atoms with Gasteiger partial charge in [-0.05, 0) is 30.7 Å². The lowest BCUT2D eigenvalue weighted by molar-refractivity contribution is 0.0691. The fourth-order valence-corrected chi connectivity index (χ4v) is 4.22. The van der Waals surface area contributed by atoms with Gasteiger partial charge >= 0.3 is 0 Å². The van der Waals surface area contributed by atoms with E-state index in [1.54, 1.807) is 14.0 Å². The third kappa shape index (κ3) is 2.91. The van der Waals surface area contributed by atoms with E-state index < -0.39 is 0 Å². The molecule has 2 aliphatic heterocycles. The van der Waals surface area contributed by atoms with Crippen molar-refractivity contribution >= 4 is 5.91 Å². The number of fused-ring (bicyclic) bond motifs is 1. The zero-order valence-corrected chi connectivity index (χ0v) is 14.6. The van der Waals surface area contributed by atoms with Crippen LogP contribution in [0.15, 0.2) is 34.9 Å². The highest BCUT2D eigenvalue weighted by Crippen LogP contribution is 2.41. The molecule has 2 aromatic rings. The minimum Gasteiger partial charge on any atom is -0.497 e. The summed E-state index contributed by atoms with van der Waals surface area (Å²) in [6, 6.07) is 8.43. The van der Waals surface area contributed by atoms with Crippen molar-refractivity contribution in [2.45, 2.75) is 25.3 Å². The number of benzene rings is 1. The molecule has 0 radical (unpaired) electrons. The Bertz CT molecular complexity index is 773. The van der Waals surface area contributed by atoms with E-state index in [0.717, 1.165) is 25.3 Å². The van der Waals surface area contributed by atoms with Crippen molar-refractivity contribution in [1.82, 2.24) is 15.2 Å². The summed E-state index contributed by atoms with van der Waals surface area (Å²) in [5.41, 5.74) is 1.63. The molecule has 1 aromatic heterocycles. The molecule has 0 unspecified atom stereocenters. The van der Waals surface area contributed by atoms with E-state index in [4.69, 9.17) is 9.15 Å². The fourth-order valence-electron chi connectivity index (χ4n) is 4.22. The smallest absolute Gasteiger partial charge is 0.276 e. The van der Waals surface area contributed by atoms with Crippen LogP contribution in [0, 0.1) is 12.8 Å². The van der Waals surface area contributed by atoms with E-state index in [2.05, 4.69) is 22.4 Å². The number of nitrogens with one attached hydrogen (secondary N) is 1. The van der Waals surface area contributed by atoms with Crippen LogP contribution < -0.4 is 10.1 Å². The summed E-state index contributed by atoms with van der Waals surface area (Å²) in [4.78, 5) is 19.2. The molecule has 0 aliphatic carbocycles. The van der Waals surface area contributed by atoms with Crippen molar-refractivity contribution in [2.75, 3.05) is 26.7 Å². The van der Waals surface area contributed by atoms with Crippen molar-refractivity contribution in [1.29, 1.82) is 0 Å². The third-order valence-corrected chi connectivity index (χ3v) is 5.42. The monoisotopic (exact) mass is 341 g/mol. The van der Waals surface area contributed by atoms with Gasteiger partial charge in [0.1, 0.15) is 12.0 Å². The van der Waals surface area contributed by atoms with Crippen LogP contribution in [0.3, 0.4) is 0 Å². The molecule has 2 aliphatic rings. The first-order chi connectivity index (χ1) is 12.2. The van der Waals surface area contributed by atoms with E-state index >= 15 is 0 Å². The summed E-state index contributed by atoms with van der Waals surface area (Å²) in [5, 5.41) is 3.48. The third-order valence-electron chi connectivity index (χ3n) is 5.42. The number of hydrogen-bond donors (Lipinski definition) is 1. The van der Waals surface area contributed by atoms with Gasteiger partial charge in [0.15, 0.2) is 11.6 Å². The van der Waals surface area contributed by atoms with Gasteiger partial charge in [-0.3, -0.25) is 4.79 Å². The highest BCUT2D eigenvalue weighted by molar-refractivity contribution is 5.92. The Hall–Kier alpha value is -2.34. The second-order valence-corrected chi connectivity index (χ2v) is 6.82. The zero-order valence-electron chi connectivity index (χ0n) is 14.6. The molecular formula is C19H23N3O3. The molecule has 1 amide bonds. The number of likely N-dealkylation sites (tertiary alicyclic amines) is 1. The van der Waals surface area contributed by atoms with Crippen LogP contribution in [0.5, 0.6) is 5.75 Å². The predicted molar refractivity (Wildman–Crippen MR) is 92.8 cm³/mol. The van der Waals surface area contributed by atoms with E-state index in [-0.39, 0.29) is 11.9 Å². The molecule has 1 aromatic carbocycles. The van der Waals surface area contributed by atoms with E-state index in [1.165, 1.54) is 11.8 Å². The average molecular weight is 341 g/mol. The molecule has 2 fully saturated rings. The lowest BCUT2D eigenvalue weighted by atomic mass is 9.82. The summed E-state index contributed by atoms with van der Waals surface area (Å²) in [6.07, 6.45) is 2.43. The number of rotatable bonds is 3. The van der Waals surface area contributed by atoms with Gasteiger partial charge in [0.25, 0.3) is 5.91 Å². The van der Waals surface area contributed by atoms with Crippen LogP contribution in [0.1, 0.15) is 34.3 Å².